The minimum atomic E-state index is -0.613. The molecule has 1 atom stereocenters. The van der Waals surface area contributed by atoms with Gasteiger partial charge >= 0.3 is 0 Å². The lowest BCUT2D eigenvalue weighted by Gasteiger charge is -2.24. The zero-order valence-corrected chi connectivity index (χ0v) is 12.7. The highest BCUT2D eigenvalue weighted by molar-refractivity contribution is 6.34. The first kappa shape index (κ1) is 14.8. The fraction of sp³-hybridized carbons (Fsp3) is 0.250. The predicted octanol–water partition coefficient (Wildman–Crippen LogP) is 3.49. The third kappa shape index (κ3) is 2.90. The number of hydrogen-bond acceptors (Lipinski definition) is 4. The van der Waals surface area contributed by atoms with Crippen molar-refractivity contribution in [2.24, 2.45) is 0 Å². The number of hydrogen-bond donors (Lipinski definition) is 1. The van der Waals surface area contributed by atoms with E-state index in [2.05, 4.69) is 10.3 Å². The number of Topliss-reactive ketones (excluding diaryl/α,β-unsaturated/α-hetero) is 1. The number of pyridine rings is 1. The van der Waals surface area contributed by atoms with Gasteiger partial charge < -0.3 is 10.1 Å². The molecule has 0 bridgehead atoms. The van der Waals surface area contributed by atoms with Gasteiger partial charge in [-0.2, -0.15) is 0 Å². The third-order valence-corrected chi connectivity index (χ3v) is 3.70. The quantitative estimate of drug-likeness (QED) is 0.880. The van der Waals surface area contributed by atoms with E-state index in [1.54, 1.807) is 12.3 Å². The molecule has 6 heteroatoms. The van der Waals surface area contributed by atoms with Crippen LogP contribution in [0, 0.1) is 5.82 Å². The zero-order valence-electron chi connectivity index (χ0n) is 11.9. The topological polar surface area (TPSA) is 51.2 Å². The first-order valence-corrected chi connectivity index (χ1v) is 7.28. The van der Waals surface area contributed by atoms with Crippen LogP contribution in [-0.2, 0) is 6.42 Å². The summed E-state index contributed by atoms with van der Waals surface area (Å²) in [5.74, 6) is -0.480. The number of rotatable bonds is 3. The maximum atomic E-state index is 13.8. The van der Waals surface area contributed by atoms with E-state index in [0.717, 1.165) is 5.69 Å². The molecule has 1 N–H and O–H groups in total. The van der Waals surface area contributed by atoms with Gasteiger partial charge in [0.05, 0.1) is 22.3 Å². The Hall–Kier alpha value is -2.14. The Morgan fingerprint density at radius 1 is 1.55 bits per heavy atom. The normalized spacial score (nSPS) is 16.4. The van der Waals surface area contributed by atoms with E-state index >= 15 is 0 Å². The summed E-state index contributed by atoms with van der Waals surface area (Å²) in [5, 5.41) is 3.35. The number of halogens is 2. The van der Waals surface area contributed by atoms with Gasteiger partial charge in [0.25, 0.3) is 0 Å². The number of ether oxygens (including phenoxy) is 1. The molecule has 114 valence electrons. The monoisotopic (exact) mass is 320 g/mol. The number of carbonyl (C=O) groups excluding carboxylic acids is 1. The first-order valence-electron chi connectivity index (χ1n) is 6.90. The van der Waals surface area contributed by atoms with E-state index in [1.165, 1.54) is 18.2 Å². The Morgan fingerprint density at radius 3 is 3.14 bits per heavy atom. The largest absolute Gasteiger partial charge is 0.474 e. The van der Waals surface area contributed by atoms with Crippen LogP contribution in [0.15, 0.2) is 30.5 Å². The maximum absolute atomic E-state index is 13.8. The van der Waals surface area contributed by atoms with Crippen LogP contribution in [0.2, 0.25) is 5.02 Å². The SMILES string of the molecule is CC1COc2ncc(CC(=O)c3c(F)cccc3Cl)cc2N1. The number of anilines is 1. The van der Waals surface area contributed by atoms with Crippen molar-refractivity contribution in [2.45, 2.75) is 19.4 Å². The fourth-order valence-corrected chi connectivity index (χ4v) is 2.63. The van der Waals surface area contributed by atoms with Crippen LogP contribution in [0.3, 0.4) is 0 Å². The third-order valence-electron chi connectivity index (χ3n) is 3.39. The van der Waals surface area contributed by atoms with E-state index in [0.29, 0.717) is 18.1 Å². The molecular weight excluding hydrogens is 307 g/mol. The van der Waals surface area contributed by atoms with Crippen molar-refractivity contribution in [3.8, 4) is 5.88 Å². The van der Waals surface area contributed by atoms with Crippen molar-refractivity contribution >= 4 is 23.1 Å². The van der Waals surface area contributed by atoms with Gasteiger partial charge in [-0.1, -0.05) is 17.7 Å². The lowest BCUT2D eigenvalue weighted by atomic mass is 10.0. The molecule has 22 heavy (non-hydrogen) atoms. The molecule has 2 aromatic rings. The van der Waals surface area contributed by atoms with Crippen molar-refractivity contribution in [3.63, 3.8) is 0 Å². The van der Waals surface area contributed by atoms with Crippen molar-refractivity contribution in [1.82, 2.24) is 4.98 Å². The Morgan fingerprint density at radius 2 is 2.36 bits per heavy atom. The van der Waals surface area contributed by atoms with Crippen LogP contribution < -0.4 is 10.1 Å². The van der Waals surface area contributed by atoms with Gasteiger partial charge in [-0.05, 0) is 30.7 Å². The number of nitrogens with one attached hydrogen (secondary N) is 1. The highest BCUT2D eigenvalue weighted by atomic mass is 35.5. The van der Waals surface area contributed by atoms with E-state index in [9.17, 15) is 9.18 Å². The minimum absolute atomic E-state index is 0.0248. The van der Waals surface area contributed by atoms with Crippen LogP contribution >= 0.6 is 11.6 Å². The predicted molar refractivity (Wildman–Crippen MR) is 82.3 cm³/mol. The van der Waals surface area contributed by atoms with Crippen LogP contribution in [-0.4, -0.2) is 23.4 Å². The standard InChI is InChI=1S/C16H14ClFN2O2/c1-9-8-22-16-13(20-9)5-10(7-19-16)6-14(21)15-11(17)3-2-4-12(15)18/h2-5,7,9,20H,6,8H2,1H3. The summed E-state index contributed by atoms with van der Waals surface area (Å²) in [4.78, 5) is 16.5. The molecule has 0 fully saturated rings. The van der Waals surface area contributed by atoms with Gasteiger partial charge in [0.2, 0.25) is 5.88 Å². The van der Waals surface area contributed by atoms with E-state index in [1.807, 2.05) is 6.92 Å². The van der Waals surface area contributed by atoms with Crippen molar-refractivity contribution in [1.29, 1.82) is 0 Å². The Balaban J connectivity index is 1.84. The van der Waals surface area contributed by atoms with Gasteiger partial charge in [0.1, 0.15) is 12.4 Å². The zero-order chi connectivity index (χ0) is 15.7. The summed E-state index contributed by atoms with van der Waals surface area (Å²) in [6, 6.07) is 6.16. The number of nitrogens with zero attached hydrogens (tertiary/aromatic N) is 1. The average Bonchev–Trinajstić information content (AvgIpc) is 2.46. The van der Waals surface area contributed by atoms with Crippen LogP contribution in [0.4, 0.5) is 10.1 Å². The summed E-state index contributed by atoms with van der Waals surface area (Å²) in [5.41, 5.74) is 1.33. The summed E-state index contributed by atoms with van der Waals surface area (Å²) in [6.45, 7) is 2.53. The maximum Gasteiger partial charge on any atom is 0.237 e. The smallest absolute Gasteiger partial charge is 0.237 e. The molecule has 0 aliphatic carbocycles. The number of benzene rings is 1. The van der Waals surface area contributed by atoms with Gasteiger partial charge in [-0.3, -0.25) is 4.79 Å². The molecule has 0 saturated heterocycles. The molecule has 3 rings (SSSR count). The molecule has 0 radical (unpaired) electrons. The van der Waals surface area contributed by atoms with Gasteiger partial charge in [-0.15, -0.1) is 0 Å². The summed E-state index contributed by atoms with van der Waals surface area (Å²) in [7, 11) is 0. The van der Waals surface area contributed by atoms with Crippen LogP contribution in [0.25, 0.3) is 0 Å². The molecular formula is C16H14ClFN2O2. The highest BCUT2D eigenvalue weighted by Crippen LogP contribution is 2.28. The molecule has 4 nitrogen and oxygen atoms in total. The summed E-state index contributed by atoms with van der Waals surface area (Å²) >= 11 is 5.92. The average molecular weight is 321 g/mol. The van der Waals surface area contributed by atoms with Gasteiger partial charge in [0, 0.05) is 12.6 Å². The van der Waals surface area contributed by atoms with Crippen molar-refractivity contribution in [3.05, 3.63) is 52.4 Å². The molecule has 1 aliphatic heterocycles. The molecule has 0 amide bonds. The Bertz CT molecular complexity index is 716. The van der Waals surface area contributed by atoms with E-state index in [-0.39, 0.29) is 28.8 Å². The van der Waals surface area contributed by atoms with Gasteiger partial charge in [0.15, 0.2) is 5.78 Å². The van der Waals surface area contributed by atoms with Crippen LogP contribution in [0.5, 0.6) is 5.88 Å². The molecule has 2 heterocycles. The highest BCUT2D eigenvalue weighted by Gasteiger charge is 2.19. The Kier molecular flexibility index (Phi) is 3.98. The molecule has 1 aromatic heterocycles. The lowest BCUT2D eigenvalue weighted by molar-refractivity contribution is 0.0989. The molecule has 1 unspecified atom stereocenters. The molecule has 0 saturated carbocycles. The fourth-order valence-electron chi connectivity index (χ4n) is 2.36. The molecule has 0 spiro atoms. The van der Waals surface area contributed by atoms with Crippen molar-refractivity contribution in [2.75, 3.05) is 11.9 Å². The number of fused-ring (bicyclic) bond motifs is 1. The number of ketones is 1. The van der Waals surface area contributed by atoms with Crippen molar-refractivity contribution < 1.29 is 13.9 Å². The molecule has 1 aliphatic rings. The summed E-state index contributed by atoms with van der Waals surface area (Å²) < 4.78 is 19.3. The second-order valence-corrected chi connectivity index (χ2v) is 5.66. The number of aromatic nitrogens is 1. The Labute approximate surface area is 132 Å². The second-order valence-electron chi connectivity index (χ2n) is 5.25. The van der Waals surface area contributed by atoms with E-state index in [4.69, 9.17) is 16.3 Å². The van der Waals surface area contributed by atoms with E-state index < -0.39 is 5.82 Å². The lowest BCUT2D eigenvalue weighted by Crippen LogP contribution is -2.28. The second kappa shape index (κ2) is 5.93. The minimum Gasteiger partial charge on any atom is -0.474 e. The van der Waals surface area contributed by atoms with Crippen LogP contribution in [0.1, 0.15) is 22.8 Å². The molecule has 1 aromatic carbocycles. The number of carbonyl (C=O) groups is 1. The summed E-state index contributed by atoms with van der Waals surface area (Å²) in [6.07, 6.45) is 1.58. The van der Waals surface area contributed by atoms with Gasteiger partial charge in [-0.25, -0.2) is 9.37 Å². The first-order chi connectivity index (χ1) is 10.5.